The summed E-state index contributed by atoms with van der Waals surface area (Å²) in [5.41, 5.74) is 6.53. The Kier molecular flexibility index (Phi) is 3.01. The van der Waals surface area contributed by atoms with E-state index in [1.54, 1.807) is 0 Å². The molecule has 0 heterocycles. The number of rotatable bonds is 2. The molecule has 1 fully saturated rings. The van der Waals surface area contributed by atoms with Crippen LogP contribution in [-0.4, -0.2) is 33.3 Å². The Labute approximate surface area is 138 Å². The van der Waals surface area contributed by atoms with Crippen LogP contribution in [0.25, 0.3) is 11.1 Å². The maximum atomic E-state index is 11.3. The van der Waals surface area contributed by atoms with Crippen molar-refractivity contribution in [1.82, 2.24) is 0 Å². The van der Waals surface area contributed by atoms with Crippen molar-refractivity contribution in [2.24, 2.45) is 0 Å². The molecule has 0 bridgehead atoms. The summed E-state index contributed by atoms with van der Waals surface area (Å²) in [6.07, 6.45) is 1.92. The average Bonchev–Trinajstić information content (AvgIpc) is 2.51. The molecule has 2 aliphatic carbocycles. The van der Waals surface area contributed by atoms with Gasteiger partial charge in [0.25, 0.3) is 0 Å². The Bertz CT molecular complexity index is 781. The molecule has 120 valence electrons. The summed E-state index contributed by atoms with van der Waals surface area (Å²) in [5.74, 6) is 0.224. The van der Waals surface area contributed by atoms with Gasteiger partial charge in [0.1, 0.15) is 0 Å². The summed E-state index contributed by atoms with van der Waals surface area (Å²) in [7, 11) is 8.22. The Morgan fingerprint density at radius 1 is 0.913 bits per heavy atom. The van der Waals surface area contributed by atoms with Crippen LogP contribution < -0.4 is 9.80 Å². The van der Waals surface area contributed by atoms with Crippen LogP contribution in [0, 0.1) is 0 Å². The first kappa shape index (κ1) is 14.6. The molecule has 2 atom stereocenters. The molecule has 0 unspecified atom stereocenters. The van der Waals surface area contributed by atoms with Gasteiger partial charge >= 0.3 is 0 Å². The Balaban J connectivity index is 1.94. The van der Waals surface area contributed by atoms with E-state index in [1.165, 1.54) is 22.4 Å². The predicted molar refractivity (Wildman–Crippen MR) is 96.4 cm³/mol. The van der Waals surface area contributed by atoms with Crippen molar-refractivity contribution in [2.75, 3.05) is 38.0 Å². The molecule has 0 aliphatic heterocycles. The topological polar surface area (TPSA) is 26.7 Å². The number of anilines is 2. The molecule has 0 radical (unpaired) electrons. The summed E-state index contributed by atoms with van der Waals surface area (Å²) >= 11 is 0. The van der Waals surface area contributed by atoms with E-state index in [9.17, 15) is 5.11 Å². The molecule has 3 heteroatoms. The largest absolute Gasteiger partial charge is 0.385 e. The standard InChI is InChI=1S/C20H24N2O/c1-21(2)13-5-7-15-16-8-6-14(22(3)4)12-19(16)20(23)10-9-18(20)17(15)11-13/h5-8,11-12,18,23H,9-10H2,1-4H3/t18-,20+/m1/s1. The molecule has 0 spiro atoms. The van der Waals surface area contributed by atoms with Crippen molar-refractivity contribution in [1.29, 1.82) is 0 Å². The van der Waals surface area contributed by atoms with E-state index in [4.69, 9.17) is 0 Å². The van der Waals surface area contributed by atoms with Crippen LogP contribution in [0.4, 0.5) is 11.4 Å². The van der Waals surface area contributed by atoms with Crippen LogP contribution in [0.3, 0.4) is 0 Å². The van der Waals surface area contributed by atoms with Crippen molar-refractivity contribution in [3.8, 4) is 11.1 Å². The molecule has 2 aromatic rings. The Hall–Kier alpha value is -2.00. The van der Waals surface area contributed by atoms with Crippen LogP contribution in [0.5, 0.6) is 0 Å². The monoisotopic (exact) mass is 308 g/mol. The highest BCUT2D eigenvalue weighted by molar-refractivity contribution is 5.80. The van der Waals surface area contributed by atoms with Gasteiger partial charge in [-0.15, -0.1) is 0 Å². The molecule has 1 N–H and O–H groups in total. The lowest BCUT2D eigenvalue weighted by Crippen LogP contribution is -2.45. The van der Waals surface area contributed by atoms with Crippen LogP contribution in [0.1, 0.15) is 29.9 Å². The summed E-state index contributed by atoms with van der Waals surface area (Å²) in [6, 6.07) is 13.1. The molecular formula is C20H24N2O. The van der Waals surface area contributed by atoms with Gasteiger partial charge in [0, 0.05) is 45.5 Å². The highest BCUT2D eigenvalue weighted by Gasteiger charge is 2.52. The first-order chi connectivity index (χ1) is 10.9. The van der Waals surface area contributed by atoms with E-state index >= 15 is 0 Å². The maximum absolute atomic E-state index is 11.3. The van der Waals surface area contributed by atoms with Gasteiger partial charge in [0.05, 0.1) is 5.60 Å². The minimum absolute atomic E-state index is 0.224. The van der Waals surface area contributed by atoms with E-state index in [-0.39, 0.29) is 5.92 Å². The third-order valence-electron chi connectivity index (χ3n) is 5.59. The zero-order chi connectivity index (χ0) is 16.4. The van der Waals surface area contributed by atoms with Gasteiger partial charge in [-0.05, 0) is 59.4 Å². The van der Waals surface area contributed by atoms with Crippen molar-refractivity contribution in [3.63, 3.8) is 0 Å². The first-order valence-corrected chi connectivity index (χ1v) is 8.27. The molecule has 2 aromatic carbocycles. The summed E-state index contributed by atoms with van der Waals surface area (Å²) < 4.78 is 0. The molecular weight excluding hydrogens is 284 g/mol. The van der Waals surface area contributed by atoms with Gasteiger partial charge in [-0.3, -0.25) is 0 Å². The van der Waals surface area contributed by atoms with Crippen molar-refractivity contribution in [2.45, 2.75) is 24.4 Å². The highest BCUT2D eigenvalue weighted by atomic mass is 16.3. The maximum Gasteiger partial charge on any atom is 0.0971 e. The summed E-state index contributed by atoms with van der Waals surface area (Å²) in [4.78, 5) is 4.23. The second-order valence-corrected chi connectivity index (χ2v) is 7.31. The lowest BCUT2D eigenvalue weighted by molar-refractivity contribution is -0.0656. The van der Waals surface area contributed by atoms with Gasteiger partial charge in [-0.2, -0.15) is 0 Å². The fraction of sp³-hybridized carbons (Fsp3) is 0.400. The number of hydrogen-bond acceptors (Lipinski definition) is 3. The second kappa shape index (κ2) is 4.75. The van der Waals surface area contributed by atoms with E-state index in [2.05, 4.69) is 60.3 Å². The minimum atomic E-state index is -0.695. The fourth-order valence-electron chi connectivity index (χ4n) is 4.06. The van der Waals surface area contributed by atoms with Gasteiger partial charge in [-0.1, -0.05) is 12.1 Å². The predicted octanol–water partition coefficient (Wildman–Crippen LogP) is 3.56. The second-order valence-electron chi connectivity index (χ2n) is 7.31. The number of aliphatic hydroxyl groups is 1. The van der Waals surface area contributed by atoms with E-state index in [1.807, 2.05) is 14.1 Å². The number of nitrogens with zero attached hydrogens (tertiary/aromatic N) is 2. The molecule has 23 heavy (non-hydrogen) atoms. The third-order valence-corrected chi connectivity index (χ3v) is 5.59. The van der Waals surface area contributed by atoms with E-state index in [0.29, 0.717) is 0 Å². The smallest absolute Gasteiger partial charge is 0.0971 e. The number of hydrogen-bond donors (Lipinski definition) is 1. The molecule has 3 nitrogen and oxygen atoms in total. The van der Waals surface area contributed by atoms with Gasteiger partial charge < -0.3 is 14.9 Å². The zero-order valence-corrected chi connectivity index (χ0v) is 14.3. The van der Waals surface area contributed by atoms with Gasteiger partial charge in [-0.25, -0.2) is 0 Å². The summed E-state index contributed by atoms with van der Waals surface area (Å²) in [6.45, 7) is 0. The quantitative estimate of drug-likeness (QED) is 0.919. The molecule has 0 saturated heterocycles. The molecule has 2 aliphatic rings. The fourth-order valence-corrected chi connectivity index (χ4v) is 4.06. The van der Waals surface area contributed by atoms with Crippen molar-refractivity contribution in [3.05, 3.63) is 47.5 Å². The minimum Gasteiger partial charge on any atom is -0.385 e. The molecule has 4 rings (SSSR count). The van der Waals surface area contributed by atoms with Crippen LogP contribution in [0.2, 0.25) is 0 Å². The van der Waals surface area contributed by atoms with Crippen molar-refractivity contribution >= 4 is 11.4 Å². The van der Waals surface area contributed by atoms with Gasteiger partial charge in [0.2, 0.25) is 0 Å². The van der Waals surface area contributed by atoms with E-state index in [0.717, 1.165) is 24.1 Å². The third kappa shape index (κ3) is 1.93. The van der Waals surface area contributed by atoms with Crippen LogP contribution in [0.15, 0.2) is 36.4 Å². The highest BCUT2D eigenvalue weighted by Crippen LogP contribution is 2.60. The first-order valence-electron chi connectivity index (χ1n) is 8.27. The molecule has 0 amide bonds. The average molecular weight is 308 g/mol. The lowest BCUT2D eigenvalue weighted by atomic mass is 9.57. The van der Waals surface area contributed by atoms with Gasteiger partial charge in [0.15, 0.2) is 0 Å². The van der Waals surface area contributed by atoms with Crippen LogP contribution in [-0.2, 0) is 5.60 Å². The van der Waals surface area contributed by atoms with Crippen molar-refractivity contribution < 1.29 is 5.11 Å². The molecule has 1 saturated carbocycles. The van der Waals surface area contributed by atoms with E-state index < -0.39 is 5.60 Å². The number of benzene rings is 2. The summed E-state index contributed by atoms with van der Waals surface area (Å²) in [5, 5.41) is 11.3. The lowest BCUT2D eigenvalue weighted by Gasteiger charge is -2.51. The Morgan fingerprint density at radius 3 is 2.09 bits per heavy atom. The zero-order valence-electron chi connectivity index (χ0n) is 14.3. The normalized spacial score (nSPS) is 24.1. The molecule has 0 aromatic heterocycles. The Morgan fingerprint density at radius 2 is 1.52 bits per heavy atom. The van der Waals surface area contributed by atoms with Crippen LogP contribution >= 0.6 is 0 Å². The number of fused-ring (bicyclic) bond motifs is 6. The SMILES string of the molecule is CN(C)c1ccc2c(c1)[C@H]1CC[C@@]1(O)c1cc(N(C)C)ccc1-2.